The molecular weight excluding hydrogens is 299 g/mol. The maximum atomic E-state index is 13.9. The van der Waals surface area contributed by atoms with Crippen molar-refractivity contribution in [3.63, 3.8) is 0 Å². The molecule has 0 aliphatic heterocycles. The molecular formula is C18H34FO2S-. The number of rotatable bonds is 15. The van der Waals surface area contributed by atoms with E-state index in [0.29, 0.717) is 19.3 Å². The van der Waals surface area contributed by atoms with Gasteiger partial charge in [0, 0.05) is 10.5 Å². The molecule has 0 N–H and O–H groups in total. The van der Waals surface area contributed by atoms with Crippen molar-refractivity contribution in [2.75, 3.05) is 0 Å². The standard InChI is InChI=1S/C18H35FO2S/c1-4-6-8-10-12-16(19)14-15(3)22-17(18(20)21)13-11-9-7-5-2/h15-17H,4-14H2,1-3H3,(H,20,21)/p-1. The minimum Gasteiger partial charge on any atom is -0.549 e. The van der Waals surface area contributed by atoms with Gasteiger partial charge in [-0.25, -0.2) is 4.39 Å². The second-order valence-electron chi connectivity index (χ2n) is 6.29. The van der Waals surface area contributed by atoms with Gasteiger partial charge in [-0.05, 0) is 19.3 Å². The molecule has 0 saturated carbocycles. The summed E-state index contributed by atoms with van der Waals surface area (Å²) in [4.78, 5) is 11.2. The van der Waals surface area contributed by atoms with Crippen LogP contribution in [0.5, 0.6) is 0 Å². The number of aliphatic carboxylic acids is 1. The lowest BCUT2D eigenvalue weighted by atomic mass is 10.1. The summed E-state index contributed by atoms with van der Waals surface area (Å²) in [5.74, 6) is -0.994. The molecule has 22 heavy (non-hydrogen) atoms. The third kappa shape index (κ3) is 12.3. The number of hydrogen-bond donors (Lipinski definition) is 0. The van der Waals surface area contributed by atoms with Gasteiger partial charge in [0.15, 0.2) is 0 Å². The molecule has 0 aromatic heterocycles. The van der Waals surface area contributed by atoms with Crippen LogP contribution < -0.4 is 5.11 Å². The molecule has 132 valence electrons. The summed E-state index contributed by atoms with van der Waals surface area (Å²) in [7, 11) is 0. The third-order valence-electron chi connectivity index (χ3n) is 3.94. The van der Waals surface area contributed by atoms with Gasteiger partial charge >= 0.3 is 0 Å². The highest BCUT2D eigenvalue weighted by atomic mass is 32.2. The van der Waals surface area contributed by atoms with Crippen molar-refractivity contribution in [3.8, 4) is 0 Å². The normalized spacial score (nSPS) is 15.5. The molecule has 3 unspecified atom stereocenters. The van der Waals surface area contributed by atoms with E-state index in [-0.39, 0.29) is 5.25 Å². The molecule has 0 aromatic rings. The average Bonchev–Trinajstić information content (AvgIpc) is 2.46. The van der Waals surface area contributed by atoms with Crippen molar-refractivity contribution in [1.82, 2.24) is 0 Å². The van der Waals surface area contributed by atoms with Crippen LogP contribution in [-0.4, -0.2) is 22.6 Å². The van der Waals surface area contributed by atoms with Gasteiger partial charge in [0.25, 0.3) is 0 Å². The number of carbonyl (C=O) groups is 1. The first-order valence-electron chi connectivity index (χ1n) is 9.01. The molecule has 0 saturated heterocycles. The second-order valence-corrected chi connectivity index (χ2v) is 7.93. The number of halogens is 1. The van der Waals surface area contributed by atoms with Crippen molar-refractivity contribution in [1.29, 1.82) is 0 Å². The summed E-state index contributed by atoms with van der Waals surface area (Å²) in [6.45, 7) is 6.21. The van der Waals surface area contributed by atoms with E-state index in [4.69, 9.17) is 0 Å². The molecule has 3 atom stereocenters. The van der Waals surface area contributed by atoms with Crippen molar-refractivity contribution in [2.45, 2.75) is 108 Å². The quantitative estimate of drug-likeness (QED) is 0.400. The number of thioether (sulfide) groups is 1. The van der Waals surface area contributed by atoms with Gasteiger partial charge in [-0.3, -0.25) is 0 Å². The summed E-state index contributed by atoms with van der Waals surface area (Å²) in [6.07, 6.45) is 9.53. The summed E-state index contributed by atoms with van der Waals surface area (Å²) >= 11 is 1.38. The minimum atomic E-state index is -0.994. The van der Waals surface area contributed by atoms with E-state index in [2.05, 4.69) is 13.8 Å². The van der Waals surface area contributed by atoms with Crippen LogP contribution in [0.25, 0.3) is 0 Å². The predicted octanol–water partition coefficient (Wildman–Crippen LogP) is 4.90. The largest absolute Gasteiger partial charge is 0.549 e. The second kappa shape index (κ2) is 14.3. The number of carbonyl (C=O) groups excluding carboxylic acids is 1. The maximum Gasteiger partial charge on any atom is 0.101 e. The molecule has 0 aliphatic carbocycles. The fourth-order valence-electron chi connectivity index (χ4n) is 2.60. The molecule has 0 aromatic carbocycles. The summed E-state index contributed by atoms with van der Waals surface area (Å²) in [5, 5.41) is 10.8. The van der Waals surface area contributed by atoms with Gasteiger partial charge in [-0.2, -0.15) is 0 Å². The van der Waals surface area contributed by atoms with Crippen molar-refractivity contribution in [3.05, 3.63) is 0 Å². The number of hydrogen-bond acceptors (Lipinski definition) is 3. The number of unbranched alkanes of at least 4 members (excludes halogenated alkanes) is 6. The number of carboxylic acids is 1. The topological polar surface area (TPSA) is 40.1 Å². The van der Waals surface area contributed by atoms with Gasteiger partial charge in [-0.1, -0.05) is 72.1 Å². The summed E-state index contributed by atoms with van der Waals surface area (Å²) in [6, 6.07) is 0. The lowest BCUT2D eigenvalue weighted by molar-refractivity contribution is -0.304. The molecule has 0 aliphatic rings. The Balaban J connectivity index is 3.95. The van der Waals surface area contributed by atoms with Gasteiger partial charge < -0.3 is 9.90 Å². The Kier molecular flexibility index (Phi) is 14.2. The van der Waals surface area contributed by atoms with Crippen LogP contribution in [0, 0.1) is 0 Å². The first kappa shape index (κ1) is 21.8. The fourth-order valence-corrected chi connectivity index (χ4v) is 3.90. The van der Waals surface area contributed by atoms with Crippen molar-refractivity contribution < 1.29 is 14.3 Å². The van der Waals surface area contributed by atoms with Crippen LogP contribution in [0.3, 0.4) is 0 Å². The molecule has 0 radical (unpaired) electrons. The SMILES string of the molecule is CCCCCCC(F)CC(C)SC(CCCCCC)C(=O)[O-]. The molecule has 0 spiro atoms. The zero-order valence-corrected chi connectivity index (χ0v) is 15.4. The minimum absolute atomic E-state index is 0.0373. The van der Waals surface area contributed by atoms with E-state index in [0.717, 1.165) is 44.9 Å². The Labute approximate surface area is 140 Å². The van der Waals surface area contributed by atoms with E-state index in [1.54, 1.807) is 0 Å². The molecule has 0 amide bonds. The Morgan fingerprint density at radius 2 is 1.55 bits per heavy atom. The number of alkyl halides is 1. The van der Waals surface area contributed by atoms with Gasteiger partial charge in [0.2, 0.25) is 0 Å². The zero-order chi connectivity index (χ0) is 16.8. The van der Waals surface area contributed by atoms with E-state index in [9.17, 15) is 14.3 Å². The van der Waals surface area contributed by atoms with Crippen molar-refractivity contribution >= 4 is 17.7 Å². The van der Waals surface area contributed by atoms with E-state index >= 15 is 0 Å². The fraction of sp³-hybridized carbons (Fsp3) is 0.944. The first-order chi connectivity index (χ1) is 10.5. The third-order valence-corrected chi connectivity index (χ3v) is 5.35. The lowest BCUT2D eigenvalue weighted by Gasteiger charge is -2.22. The maximum absolute atomic E-state index is 13.9. The van der Waals surface area contributed by atoms with Crippen LogP contribution in [0.1, 0.15) is 91.4 Å². The van der Waals surface area contributed by atoms with Crippen LogP contribution in [-0.2, 0) is 4.79 Å². The highest BCUT2D eigenvalue weighted by Crippen LogP contribution is 2.27. The van der Waals surface area contributed by atoms with Gasteiger partial charge in [-0.15, -0.1) is 11.8 Å². The molecule has 2 nitrogen and oxygen atoms in total. The molecule has 0 bridgehead atoms. The van der Waals surface area contributed by atoms with E-state index in [1.165, 1.54) is 18.2 Å². The smallest absolute Gasteiger partial charge is 0.101 e. The molecule has 0 heterocycles. The molecule has 0 fully saturated rings. The summed E-state index contributed by atoms with van der Waals surface area (Å²) < 4.78 is 13.9. The number of carboxylic acid groups (broad SMARTS) is 1. The van der Waals surface area contributed by atoms with E-state index < -0.39 is 17.4 Å². The van der Waals surface area contributed by atoms with E-state index in [1.807, 2.05) is 6.92 Å². The highest BCUT2D eigenvalue weighted by Gasteiger charge is 2.18. The average molecular weight is 334 g/mol. The Hall–Kier alpha value is -0.250. The molecule has 0 rings (SSSR count). The lowest BCUT2D eigenvalue weighted by Crippen LogP contribution is -2.34. The van der Waals surface area contributed by atoms with Crippen LogP contribution >= 0.6 is 11.8 Å². The Morgan fingerprint density at radius 1 is 1.00 bits per heavy atom. The van der Waals surface area contributed by atoms with Crippen LogP contribution in [0.2, 0.25) is 0 Å². The van der Waals surface area contributed by atoms with Crippen LogP contribution in [0.4, 0.5) is 4.39 Å². The molecule has 4 heteroatoms. The van der Waals surface area contributed by atoms with Gasteiger partial charge in [0.05, 0.1) is 5.97 Å². The van der Waals surface area contributed by atoms with Crippen LogP contribution in [0.15, 0.2) is 0 Å². The Morgan fingerprint density at radius 3 is 2.05 bits per heavy atom. The predicted molar refractivity (Wildman–Crippen MR) is 92.9 cm³/mol. The first-order valence-corrected chi connectivity index (χ1v) is 9.95. The van der Waals surface area contributed by atoms with Gasteiger partial charge in [0.1, 0.15) is 6.17 Å². The Bertz CT molecular complexity index is 274. The van der Waals surface area contributed by atoms with Crippen molar-refractivity contribution in [2.24, 2.45) is 0 Å². The highest BCUT2D eigenvalue weighted by molar-refractivity contribution is 8.01. The zero-order valence-electron chi connectivity index (χ0n) is 14.6. The monoisotopic (exact) mass is 333 g/mol. The summed E-state index contributed by atoms with van der Waals surface area (Å²) in [5.41, 5.74) is 0.